The number of benzene rings is 1. The average Bonchev–Trinajstić information content (AvgIpc) is 2.76. The third-order valence-corrected chi connectivity index (χ3v) is 3.55. The van der Waals surface area contributed by atoms with Crippen LogP contribution < -0.4 is 0 Å². The quantitative estimate of drug-likeness (QED) is 0.910. The largest absolute Gasteiger partial charge is 0.481 e. The Morgan fingerprint density at radius 3 is 2.70 bits per heavy atom. The van der Waals surface area contributed by atoms with E-state index < -0.39 is 11.9 Å². The molecule has 0 saturated carbocycles. The SMILES string of the molecule is CCc1cc(CC(C(=O)O)c2cccc(C)c2)n(C)n1. The summed E-state index contributed by atoms with van der Waals surface area (Å²) in [6.07, 6.45) is 1.32. The zero-order valence-corrected chi connectivity index (χ0v) is 12.1. The van der Waals surface area contributed by atoms with Gasteiger partial charge < -0.3 is 5.11 Å². The second kappa shape index (κ2) is 5.90. The number of rotatable bonds is 5. The minimum atomic E-state index is -0.796. The minimum Gasteiger partial charge on any atom is -0.481 e. The molecule has 0 fully saturated rings. The molecule has 2 rings (SSSR count). The van der Waals surface area contributed by atoms with Gasteiger partial charge in [0.2, 0.25) is 0 Å². The van der Waals surface area contributed by atoms with Crippen LogP contribution in [0.15, 0.2) is 30.3 Å². The standard InChI is InChI=1S/C16H20N2O2/c1-4-13-9-14(18(3)17-13)10-15(16(19)20)12-7-5-6-11(2)8-12/h5-9,15H,4,10H2,1-3H3,(H,19,20). The number of hydrogen-bond acceptors (Lipinski definition) is 2. The summed E-state index contributed by atoms with van der Waals surface area (Å²) in [7, 11) is 1.86. The van der Waals surface area contributed by atoms with Gasteiger partial charge in [0.1, 0.15) is 0 Å². The summed E-state index contributed by atoms with van der Waals surface area (Å²) in [6, 6.07) is 9.69. The van der Waals surface area contributed by atoms with Crippen LogP contribution in [0.5, 0.6) is 0 Å². The van der Waals surface area contributed by atoms with Crippen molar-refractivity contribution < 1.29 is 9.90 Å². The van der Waals surface area contributed by atoms with Gasteiger partial charge in [0.25, 0.3) is 0 Å². The highest BCUT2D eigenvalue weighted by molar-refractivity contribution is 5.76. The Labute approximate surface area is 119 Å². The lowest BCUT2D eigenvalue weighted by atomic mass is 9.93. The lowest BCUT2D eigenvalue weighted by molar-refractivity contribution is -0.138. The number of aryl methyl sites for hydroxylation is 3. The molecule has 1 aromatic heterocycles. The van der Waals surface area contributed by atoms with Gasteiger partial charge in [-0.2, -0.15) is 5.10 Å². The number of carboxylic acid groups (broad SMARTS) is 1. The summed E-state index contributed by atoms with van der Waals surface area (Å²) < 4.78 is 1.78. The third-order valence-electron chi connectivity index (χ3n) is 3.55. The van der Waals surface area contributed by atoms with Crippen LogP contribution in [-0.4, -0.2) is 20.9 Å². The first-order valence-electron chi connectivity index (χ1n) is 6.82. The van der Waals surface area contributed by atoms with Crippen molar-refractivity contribution in [2.24, 2.45) is 7.05 Å². The minimum absolute atomic E-state index is 0.461. The lowest BCUT2D eigenvalue weighted by Crippen LogP contribution is -2.16. The normalized spacial score (nSPS) is 12.3. The van der Waals surface area contributed by atoms with Crippen LogP contribution in [0.3, 0.4) is 0 Å². The predicted octanol–water partition coefficient (Wildman–Crippen LogP) is 2.70. The van der Waals surface area contributed by atoms with Gasteiger partial charge >= 0.3 is 5.97 Å². The van der Waals surface area contributed by atoms with E-state index in [0.717, 1.165) is 28.9 Å². The highest BCUT2D eigenvalue weighted by Crippen LogP contribution is 2.22. The van der Waals surface area contributed by atoms with Crippen LogP contribution in [0.1, 0.15) is 35.4 Å². The molecule has 0 amide bonds. The van der Waals surface area contributed by atoms with E-state index in [1.54, 1.807) is 4.68 Å². The van der Waals surface area contributed by atoms with Crippen LogP contribution in [0.25, 0.3) is 0 Å². The van der Waals surface area contributed by atoms with Crippen molar-refractivity contribution in [1.29, 1.82) is 0 Å². The molecule has 1 atom stereocenters. The van der Waals surface area contributed by atoms with E-state index in [0.29, 0.717) is 6.42 Å². The Morgan fingerprint density at radius 2 is 2.15 bits per heavy atom. The molecular formula is C16H20N2O2. The molecule has 1 heterocycles. The van der Waals surface area contributed by atoms with Crippen molar-refractivity contribution in [3.63, 3.8) is 0 Å². The molecule has 0 aliphatic carbocycles. The van der Waals surface area contributed by atoms with Crippen molar-refractivity contribution in [2.75, 3.05) is 0 Å². The van der Waals surface area contributed by atoms with Gasteiger partial charge in [-0.3, -0.25) is 9.48 Å². The van der Waals surface area contributed by atoms with Crippen LogP contribution >= 0.6 is 0 Å². The maximum Gasteiger partial charge on any atom is 0.311 e. The van der Waals surface area contributed by atoms with Crippen LogP contribution in [0.4, 0.5) is 0 Å². The molecule has 4 heteroatoms. The Bertz CT molecular complexity index is 617. The second-order valence-corrected chi connectivity index (χ2v) is 5.11. The number of carbonyl (C=O) groups is 1. The summed E-state index contributed by atoms with van der Waals surface area (Å²) in [5.74, 6) is -1.33. The van der Waals surface area contributed by atoms with Gasteiger partial charge in [0.05, 0.1) is 11.6 Å². The smallest absolute Gasteiger partial charge is 0.311 e. The summed E-state index contributed by atoms with van der Waals surface area (Å²) in [4.78, 5) is 11.6. The van der Waals surface area contributed by atoms with Gasteiger partial charge in [-0.1, -0.05) is 36.8 Å². The maximum atomic E-state index is 11.6. The molecule has 0 aliphatic rings. The molecule has 1 N–H and O–H groups in total. The van der Waals surface area contributed by atoms with E-state index in [2.05, 4.69) is 5.10 Å². The van der Waals surface area contributed by atoms with Gasteiger partial charge in [0.15, 0.2) is 0 Å². The Balaban J connectivity index is 2.30. The van der Waals surface area contributed by atoms with Crippen molar-refractivity contribution in [3.8, 4) is 0 Å². The Hall–Kier alpha value is -2.10. The van der Waals surface area contributed by atoms with Gasteiger partial charge in [0, 0.05) is 19.2 Å². The number of carboxylic acids is 1. The van der Waals surface area contributed by atoms with Gasteiger partial charge in [-0.05, 0) is 25.0 Å². The lowest BCUT2D eigenvalue weighted by Gasteiger charge is -2.13. The first-order chi connectivity index (χ1) is 9.51. The monoisotopic (exact) mass is 272 g/mol. The van der Waals surface area contributed by atoms with Crippen molar-refractivity contribution in [1.82, 2.24) is 9.78 Å². The zero-order chi connectivity index (χ0) is 14.7. The maximum absolute atomic E-state index is 11.6. The summed E-state index contributed by atoms with van der Waals surface area (Å²) in [6.45, 7) is 4.02. The van der Waals surface area contributed by atoms with Gasteiger partial charge in [-0.25, -0.2) is 0 Å². The first kappa shape index (κ1) is 14.3. The van der Waals surface area contributed by atoms with E-state index in [9.17, 15) is 9.90 Å². The summed E-state index contributed by atoms with van der Waals surface area (Å²) in [5.41, 5.74) is 3.87. The highest BCUT2D eigenvalue weighted by atomic mass is 16.4. The fourth-order valence-corrected chi connectivity index (χ4v) is 2.38. The van der Waals surface area contributed by atoms with Crippen molar-refractivity contribution in [3.05, 3.63) is 52.8 Å². The zero-order valence-electron chi connectivity index (χ0n) is 12.1. The van der Waals surface area contributed by atoms with E-state index in [4.69, 9.17) is 0 Å². The topological polar surface area (TPSA) is 55.1 Å². The Kier molecular flexibility index (Phi) is 4.23. The molecule has 2 aromatic rings. The molecule has 0 aliphatic heterocycles. The molecule has 106 valence electrons. The third kappa shape index (κ3) is 3.07. The van der Waals surface area contributed by atoms with E-state index in [-0.39, 0.29) is 0 Å². The van der Waals surface area contributed by atoms with Gasteiger partial charge in [-0.15, -0.1) is 0 Å². The van der Waals surface area contributed by atoms with Crippen LogP contribution in [-0.2, 0) is 24.7 Å². The molecule has 20 heavy (non-hydrogen) atoms. The first-order valence-corrected chi connectivity index (χ1v) is 6.82. The molecule has 0 spiro atoms. The van der Waals surface area contributed by atoms with E-state index in [1.165, 1.54) is 0 Å². The highest BCUT2D eigenvalue weighted by Gasteiger charge is 2.22. The Morgan fingerprint density at radius 1 is 1.40 bits per heavy atom. The fourth-order valence-electron chi connectivity index (χ4n) is 2.38. The fraction of sp³-hybridized carbons (Fsp3) is 0.375. The van der Waals surface area contributed by atoms with E-state index in [1.807, 2.05) is 51.2 Å². The van der Waals surface area contributed by atoms with Crippen LogP contribution in [0, 0.1) is 6.92 Å². The molecule has 4 nitrogen and oxygen atoms in total. The van der Waals surface area contributed by atoms with Crippen LogP contribution in [0.2, 0.25) is 0 Å². The molecule has 0 bridgehead atoms. The predicted molar refractivity (Wildman–Crippen MR) is 77.8 cm³/mol. The average molecular weight is 272 g/mol. The number of hydrogen-bond donors (Lipinski definition) is 1. The second-order valence-electron chi connectivity index (χ2n) is 5.11. The van der Waals surface area contributed by atoms with E-state index >= 15 is 0 Å². The molecule has 1 unspecified atom stereocenters. The number of aliphatic carboxylic acids is 1. The van der Waals surface area contributed by atoms with Crippen molar-refractivity contribution in [2.45, 2.75) is 32.6 Å². The molecule has 0 saturated heterocycles. The number of nitrogens with zero attached hydrogens (tertiary/aromatic N) is 2. The van der Waals surface area contributed by atoms with Crippen molar-refractivity contribution >= 4 is 5.97 Å². The summed E-state index contributed by atoms with van der Waals surface area (Å²) >= 11 is 0. The number of aromatic nitrogens is 2. The molecule has 0 radical (unpaired) electrons. The summed E-state index contributed by atoms with van der Waals surface area (Å²) in [5, 5.41) is 13.9. The molecular weight excluding hydrogens is 252 g/mol. The molecule has 1 aromatic carbocycles.